The molecule has 0 aliphatic heterocycles. The Kier molecular flexibility index (Phi) is 5.55. The van der Waals surface area contributed by atoms with Crippen molar-refractivity contribution in [3.63, 3.8) is 0 Å². The summed E-state index contributed by atoms with van der Waals surface area (Å²) in [5.74, 6) is 0.653. The molecule has 2 rings (SSSR count). The lowest BCUT2D eigenvalue weighted by Gasteiger charge is -2.18. The number of hydrogen-bond donors (Lipinski definition) is 1. The third-order valence-corrected chi connectivity index (χ3v) is 3.08. The Morgan fingerprint density at radius 3 is 2.64 bits per heavy atom. The van der Waals surface area contributed by atoms with Gasteiger partial charge in [0.15, 0.2) is 0 Å². The second-order valence-electron chi connectivity index (χ2n) is 4.82. The van der Waals surface area contributed by atoms with Crippen LogP contribution in [0.5, 0.6) is 5.75 Å². The molecule has 0 spiro atoms. The Hall–Kier alpha value is -2.34. The first kappa shape index (κ1) is 16.0. The molecule has 1 aromatic carbocycles. The fourth-order valence-electron chi connectivity index (χ4n) is 2.05. The first-order chi connectivity index (χ1) is 10.6. The molecule has 0 saturated heterocycles. The zero-order valence-electron chi connectivity index (χ0n) is 13.0. The van der Waals surface area contributed by atoms with E-state index in [1.165, 1.54) is 0 Å². The van der Waals surface area contributed by atoms with Crippen molar-refractivity contribution in [2.45, 2.75) is 19.9 Å². The van der Waals surface area contributed by atoms with E-state index in [0.29, 0.717) is 18.9 Å². The zero-order valence-corrected chi connectivity index (χ0v) is 13.0. The van der Waals surface area contributed by atoms with E-state index in [4.69, 9.17) is 14.0 Å². The first-order valence-electron chi connectivity index (χ1n) is 7.10. The van der Waals surface area contributed by atoms with Crippen molar-refractivity contribution in [1.82, 2.24) is 10.5 Å². The molecule has 0 radical (unpaired) electrons. The number of amides is 1. The van der Waals surface area contributed by atoms with Crippen LogP contribution in [-0.2, 0) is 4.74 Å². The van der Waals surface area contributed by atoms with E-state index in [1.54, 1.807) is 20.1 Å². The molecule has 6 heteroatoms. The van der Waals surface area contributed by atoms with Gasteiger partial charge in [0, 0.05) is 13.2 Å². The molecular weight excluding hydrogens is 284 g/mol. The van der Waals surface area contributed by atoms with Crippen LogP contribution >= 0.6 is 0 Å². The van der Waals surface area contributed by atoms with Crippen LogP contribution in [-0.4, -0.2) is 31.4 Å². The van der Waals surface area contributed by atoms with Crippen LogP contribution < -0.4 is 10.1 Å². The molecule has 118 valence electrons. The lowest BCUT2D eigenvalue weighted by molar-refractivity contribution is 0.0860. The van der Waals surface area contributed by atoms with Gasteiger partial charge in [0.1, 0.15) is 5.75 Å². The lowest BCUT2D eigenvalue weighted by atomic mass is 10.1. The number of carbonyl (C=O) groups excluding carboxylic acids is 1. The van der Waals surface area contributed by atoms with Crippen molar-refractivity contribution >= 4 is 5.91 Å². The number of carbonyl (C=O) groups is 1. The highest BCUT2D eigenvalue weighted by atomic mass is 16.5. The fourth-order valence-corrected chi connectivity index (χ4v) is 2.05. The third-order valence-electron chi connectivity index (χ3n) is 3.08. The van der Waals surface area contributed by atoms with E-state index in [2.05, 4.69) is 10.5 Å². The van der Waals surface area contributed by atoms with Crippen molar-refractivity contribution < 1.29 is 18.8 Å². The van der Waals surface area contributed by atoms with Gasteiger partial charge in [-0.2, -0.15) is 0 Å². The summed E-state index contributed by atoms with van der Waals surface area (Å²) in [5.41, 5.74) is 1.59. The fraction of sp³-hybridized carbons (Fsp3) is 0.375. The van der Waals surface area contributed by atoms with Crippen LogP contribution in [0.1, 0.15) is 34.8 Å². The summed E-state index contributed by atoms with van der Waals surface area (Å²) >= 11 is 0. The standard InChI is InChI=1S/C16H20N2O4/c1-4-21-13-7-5-12(6-8-13)14(10-20-3)17-16(19)15-9-11(2)18-22-15/h5-9,14H,4,10H2,1-3H3,(H,17,19). The highest BCUT2D eigenvalue weighted by Gasteiger charge is 2.18. The number of ether oxygens (including phenoxy) is 2. The topological polar surface area (TPSA) is 73.6 Å². The molecule has 1 aromatic heterocycles. The lowest BCUT2D eigenvalue weighted by Crippen LogP contribution is -2.31. The minimum atomic E-state index is -0.323. The summed E-state index contributed by atoms with van der Waals surface area (Å²) in [4.78, 5) is 12.2. The molecule has 0 bridgehead atoms. The number of nitrogens with zero attached hydrogens (tertiary/aromatic N) is 1. The average molecular weight is 304 g/mol. The number of benzene rings is 1. The largest absolute Gasteiger partial charge is 0.494 e. The predicted octanol–water partition coefficient (Wildman–Crippen LogP) is 2.50. The Bertz CT molecular complexity index is 607. The van der Waals surface area contributed by atoms with Crippen molar-refractivity contribution in [2.75, 3.05) is 20.3 Å². The van der Waals surface area contributed by atoms with Gasteiger partial charge in [-0.15, -0.1) is 0 Å². The molecule has 1 amide bonds. The van der Waals surface area contributed by atoms with E-state index < -0.39 is 0 Å². The maximum Gasteiger partial charge on any atom is 0.290 e. The zero-order chi connectivity index (χ0) is 15.9. The highest BCUT2D eigenvalue weighted by Crippen LogP contribution is 2.19. The summed E-state index contributed by atoms with van der Waals surface area (Å²) in [7, 11) is 1.59. The van der Waals surface area contributed by atoms with E-state index in [1.807, 2.05) is 31.2 Å². The molecule has 1 heterocycles. The van der Waals surface area contributed by atoms with Crippen LogP contribution in [0.4, 0.5) is 0 Å². The van der Waals surface area contributed by atoms with Crippen LogP contribution in [0.25, 0.3) is 0 Å². The number of methoxy groups -OCH3 is 1. The molecule has 1 atom stereocenters. The number of rotatable bonds is 7. The first-order valence-corrected chi connectivity index (χ1v) is 7.10. The highest BCUT2D eigenvalue weighted by molar-refractivity contribution is 5.91. The number of aryl methyl sites for hydroxylation is 1. The molecule has 0 aliphatic rings. The number of aromatic nitrogens is 1. The minimum absolute atomic E-state index is 0.185. The number of hydrogen-bond acceptors (Lipinski definition) is 5. The van der Waals surface area contributed by atoms with Crippen LogP contribution in [0.2, 0.25) is 0 Å². The second kappa shape index (κ2) is 7.61. The van der Waals surface area contributed by atoms with Crippen molar-refractivity contribution in [1.29, 1.82) is 0 Å². The molecule has 22 heavy (non-hydrogen) atoms. The smallest absolute Gasteiger partial charge is 0.290 e. The second-order valence-corrected chi connectivity index (χ2v) is 4.82. The summed E-state index contributed by atoms with van der Waals surface area (Å²) in [6.07, 6.45) is 0. The molecule has 6 nitrogen and oxygen atoms in total. The molecule has 2 aromatic rings. The monoisotopic (exact) mass is 304 g/mol. The molecular formula is C16H20N2O4. The van der Waals surface area contributed by atoms with Crippen LogP contribution in [0.15, 0.2) is 34.9 Å². The van der Waals surface area contributed by atoms with Crippen molar-refractivity contribution in [3.8, 4) is 5.75 Å². The SMILES string of the molecule is CCOc1ccc(C(COC)NC(=O)c2cc(C)no2)cc1. The summed E-state index contributed by atoms with van der Waals surface area (Å²) < 4.78 is 15.6. The summed E-state index contributed by atoms with van der Waals surface area (Å²) in [6.45, 7) is 4.66. The van der Waals surface area contributed by atoms with Gasteiger partial charge >= 0.3 is 0 Å². The normalized spacial score (nSPS) is 12.0. The number of nitrogens with one attached hydrogen (secondary N) is 1. The van der Waals surface area contributed by atoms with Gasteiger partial charge in [-0.3, -0.25) is 4.79 Å². The minimum Gasteiger partial charge on any atom is -0.494 e. The van der Waals surface area contributed by atoms with E-state index in [0.717, 1.165) is 11.3 Å². The molecule has 1 unspecified atom stereocenters. The quantitative estimate of drug-likeness (QED) is 0.850. The Morgan fingerprint density at radius 2 is 2.09 bits per heavy atom. The van der Waals surface area contributed by atoms with Crippen LogP contribution in [0, 0.1) is 6.92 Å². The maximum absolute atomic E-state index is 12.2. The molecule has 1 N–H and O–H groups in total. The van der Waals surface area contributed by atoms with E-state index >= 15 is 0 Å². The van der Waals surface area contributed by atoms with Crippen molar-refractivity contribution in [3.05, 3.63) is 47.3 Å². The molecule has 0 saturated carbocycles. The Labute approximate surface area is 129 Å². The van der Waals surface area contributed by atoms with Gasteiger partial charge in [0.25, 0.3) is 5.91 Å². The van der Waals surface area contributed by atoms with Gasteiger partial charge in [-0.1, -0.05) is 17.3 Å². The van der Waals surface area contributed by atoms with Gasteiger partial charge in [-0.05, 0) is 31.5 Å². The maximum atomic E-state index is 12.2. The predicted molar refractivity (Wildman–Crippen MR) is 80.9 cm³/mol. The van der Waals surface area contributed by atoms with Gasteiger partial charge in [0.2, 0.25) is 5.76 Å². The van der Waals surface area contributed by atoms with Crippen LogP contribution in [0.3, 0.4) is 0 Å². The summed E-state index contributed by atoms with van der Waals surface area (Å²) in [5, 5.41) is 6.59. The van der Waals surface area contributed by atoms with Gasteiger partial charge in [0.05, 0.1) is 24.9 Å². The van der Waals surface area contributed by atoms with Gasteiger partial charge < -0.3 is 19.3 Å². The Morgan fingerprint density at radius 1 is 1.36 bits per heavy atom. The average Bonchev–Trinajstić information content (AvgIpc) is 2.95. The third kappa shape index (κ3) is 4.08. The van der Waals surface area contributed by atoms with E-state index in [-0.39, 0.29) is 17.7 Å². The summed E-state index contributed by atoms with van der Waals surface area (Å²) in [6, 6.07) is 8.86. The molecule has 0 aliphatic carbocycles. The Balaban J connectivity index is 2.10. The van der Waals surface area contributed by atoms with Gasteiger partial charge in [-0.25, -0.2) is 0 Å². The van der Waals surface area contributed by atoms with E-state index in [9.17, 15) is 4.79 Å². The van der Waals surface area contributed by atoms with Crippen molar-refractivity contribution in [2.24, 2.45) is 0 Å². The molecule has 0 fully saturated rings.